The number of aliphatic carboxylic acids is 1. The molecule has 1 aromatic rings. The average molecular weight is 354 g/mol. The lowest BCUT2D eigenvalue weighted by molar-refractivity contribution is -0.149. The lowest BCUT2D eigenvalue weighted by atomic mass is 10.2. The van der Waals surface area contributed by atoms with Crippen molar-refractivity contribution in [1.29, 1.82) is 0 Å². The summed E-state index contributed by atoms with van der Waals surface area (Å²) >= 11 is 3.40. The van der Waals surface area contributed by atoms with Gasteiger partial charge in [-0.25, -0.2) is 4.79 Å². The summed E-state index contributed by atoms with van der Waals surface area (Å²) in [7, 11) is 0. The molecule has 21 heavy (non-hydrogen) atoms. The molecule has 1 heterocycles. The second-order valence-electron chi connectivity index (χ2n) is 4.76. The molecule has 0 spiro atoms. The Kier molecular flexibility index (Phi) is 5.52. The second-order valence-corrected chi connectivity index (χ2v) is 5.62. The van der Waals surface area contributed by atoms with Crippen LogP contribution in [-0.4, -0.2) is 35.7 Å². The van der Waals surface area contributed by atoms with Gasteiger partial charge in [-0.15, -0.1) is 0 Å². The minimum Gasteiger partial charge on any atom is -0.479 e. The number of benzene rings is 1. The first kappa shape index (κ1) is 15.7. The first-order chi connectivity index (χ1) is 10.1. The average Bonchev–Trinajstić information content (AvgIpc) is 2.93. The van der Waals surface area contributed by atoms with Crippen LogP contribution in [-0.2, 0) is 14.3 Å². The van der Waals surface area contributed by atoms with E-state index in [-0.39, 0.29) is 12.0 Å². The summed E-state index contributed by atoms with van der Waals surface area (Å²) in [5, 5.41) is 11.5. The monoisotopic (exact) mass is 353 g/mol. The Morgan fingerprint density at radius 2 is 2.14 bits per heavy atom. The molecule has 0 radical (unpaired) electrons. The highest BCUT2D eigenvalue weighted by molar-refractivity contribution is 9.10. The predicted octanol–water partition coefficient (Wildman–Crippen LogP) is 2.21. The van der Waals surface area contributed by atoms with E-state index in [1.54, 1.807) is 6.08 Å². The molecule has 1 aromatic carbocycles. The van der Waals surface area contributed by atoms with E-state index in [0.717, 1.165) is 10.0 Å². The Balaban J connectivity index is 1.78. The molecule has 0 saturated carbocycles. The van der Waals surface area contributed by atoms with Crippen molar-refractivity contribution in [3.05, 3.63) is 40.4 Å². The van der Waals surface area contributed by atoms with Crippen LogP contribution in [0.25, 0.3) is 6.08 Å². The molecule has 1 aliphatic heterocycles. The molecule has 0 aliphatic carbocycles. The third kappa shape index (κ3) is 4.68. The van der Waals surface area contributed by atoms with Crippen LogP contribution in [0, 0.1) is 0 Å². The number of ether oxygens (including phenoxy) is 1. The van der Waals surface area contributed by atoms with Crippen molar-refractivity contribution in [1.82, 2.24) is 5.32 Å². The van der Waals surface area contributed by atoms with Crippen molar-refractivity contribution in [2.45, 2.75) is 25.0 Å². The fourth-order valence-corrected chi connectivity index (χ4v) is 2.50. The van der Waals surface area contributed by atoms with Gasteiger partial charge in [0.1, 0.15) is 0 Å². The predicted molar refractivity (Wildman–Crippen MR) is 81.7 cm³/mol. The van der Waals surface area contributed by atoms with E-state index in [1.165, 1.54) is 6.08 Å². The van der Waals surface area contributed by atoms with Crippen molar-refractivity contribution >= 4 is 33.9 Å². The van der Waals surface area contributed by atoms with Crippen molar-refractivity contribution < 1.29 is 19.4 Å². The zero-order chi connectivity index (χ0) is 15.2. The van der Waals surface area contributed by atoms with E-state index in [4.69, 9.17) is 9.84 Å². The number of carboxylic acids is 1. The maximum atomic E-state index is 11.7. The van der Waals surface area contributed by atoms with Crippen LogP contribution >= 0.6 is 15.9 Å². The minimum absolute atomic E-state index is 0.229. The molecule has 2 rings (SSSR count). The SMILES string of the molecule is O=C(/C=C/c1ccccc1Br)NCC1CCC(C(=O)O)O1. The molecule has 2 N–H and O–H groups in total. The summed E-state index contributed by atoms with van der Waals surface area (Å²) in [5.41, 5.74) is 0.913. The number of halogens is 1. The topological polar surface area (TPSA) is 75.6 Å². The fraction of sp³-hybridized carbons (Fsp3) is 0.333. The van der Waals surface area contributed by atoms with Gasteiger partial charge in [0, 0.05) is 17.1 Å². The Hall–Kier alpha value is -1.66. The summed E-state index contributed by atoms with van der Waals surface area (Å²) in [4.78, 5) is 22.5. The molecule has 2 atom stereocenters. The largest absolute Gasteiger partial charge is 0.479 e. The minimum atomic E-state index is -0.947. The molecule has 2 unspecified atom stereocenters. The molecule has 1 fully saturated rings. The number of amides is 1. The highest BCUT2D eigenvalue weighted by Crippen LogP contribution is 2.19. The molecular weight excluding hydrogens is 338 g/mol. The number of rotatable bonds is 5. The number of carbonyl (C=O) groups is 2. The molecule has 6 heteroatoms. The summed E-state index contributed by atoms with van der Waals surface area (Å²) < 4.78 is 6.22. The number of carbonyl (C=O) groups excluding carboxylic acids is 1. The highest BCUT2D eigenvalue weighted by atomic mass is 79.9. The van der Waals surface area contributed by atoms with Crippen LogP contribution in [0.5, 0.6) is 0 Å². The van der Waals surface area contributed by atoms with Gasteiger partial charge in [-0.2, -0.15) is 0 Å². The van der Waals surface area contributed by atoms with Gasteiger partial charge >= 0.3 is 5.97 Å². The standard InChI is InChI=1S/C15H16BrNO4/c16-12-4-2-1-3-10(12)5-8-14(18)17-9-11-6-7-13(21-11)15(19)20/h1-5,8,11,13H,6-7,9H2,(H,17,18)(H,19,20)/b8-5+. The van der Waals surface area contributed by atoms with Gasteiger partial charge in [-0.1, -0.05) is 34.1 Å². The van der Waals surface area contributed by atoms with Crippen LogP contribution in [0.2, 0.25) is 0 Å². The van der Waals surface area contributed by atoms with Gasteiger partial charge in [0.25, 0.3) is 0 Å². The van der Waals surface area contributed by atoms with Crippen molar-refractivity contribution in [2.24, 2.45) is 0 Å². The van der Waals surface area contributed by atoms with E-state index in [0.29, 0.717) is 19.4 Å². The maximum Gasteiger partial charge on any atom is 0.332 e. The summed E-state index contributed by atoms with van der Waals surface area (Å²) in [6.07, 6.45) is 3.32. The fourth-order valence-electron chi connectivity index (χ4n) is 2.09. The van der Waals surface area contributed by atoms with Crippen LogP contribution < -0.4 is 5.32 Å². The van der Waals surface area contributed by atoms with E-state index in [9.17, 15) is 9.59 Å². The molecule has 5 nitrogen and oxygen atoms in total. The molecule has 1 amide bonds. The number of carboxylic acid groups (broad SMARTS) is 1. The van der Waals surface area contributed by atoms with E-state index < -0.39 is 12.1 Å². The molecule has 0 bridgehead atoms. The normalized spacial score (nSPS) is 21.6. The Morgan fingerprint density at radius 3 is 2.81 bits per heavy atom. The van der Waals surface area contributed by atoms with Gasteiger partial charge < -0.3 is 15.2 Å². The smallest absolute Gasteiger partial charge is 0.332 e. The van der Waals surface area contributed by atoms with Crippen LogP contribution in [0.4, 0.5) is 0 Å². The van der Waals surface area contributed by atoms with Crippen molar-refractivity contribution in [2.75, 3.05) is 6.54 Å². The van der Waals surface area contributed by atoms with E-state index >= 15 is 0 Å². The van der Waals surface area contributed by atoms with Gasteiger partial charge in [0.15, 0.2) is 6.10 Å². The summed E-state index contributed by atoms with van der Waals surface area (Å²) in [6, 6.07) is 7.58. The molecule has 0 aromatic heterocycles. The van der Waals surface area contributed by atoms with Gasteiger partial charge in [-0.05, 0) is 30.5 Å². The highest BCUT2D eigenvalue weighted by Gasteiger charge is 2.30. The van der Waals surface area contributed by atoms with Gasteiger partial charge in [-0.3, -0.25) is 4.79 Å². The Morgan fingerprint density at radius 1 is 1.38 bits per heavy atom. The quantitative estimate of drug-likeness (QED) is 0.795. The van der Waals surface area contributed by atoms with Gasteiger partial charge in [0.2, 0.25) is 5.91 Å². The summed E-state index contributed by atoms with van der Waals surface area (Å²) in [5.74, 6) is -1.18. The van der Waals surface area contributed by atoms with Crippen LogP contribution in [0.15, 0.2) is 34.8 Å². The first-order valence-corrected chi connectivity index (χ1v) is 7.44. The number of hydrogen-bond donors (Lipinski definition) is 2. The molecule has 1 aliphatic rings. The zero-order valence-corrected chi connectivity index (χ0v) is 12.9. The first-order valence-electron chi connectivity index (χ1n) is 6.65. The lowest BCUT2D eigenvalue weighted by Gasteiger charge is -2.11. The Labute approximate surface area is 131 Å². The second kappa shape index (κ2) is 7.38. The number of nitrogens with one attached hydrogen (secondary N) is 1. The zero-order valence-electron chi connectivity index (χ0n) is 11.3. The van der Waals surface area contributed by atoms with Crippen molar-refractivity contribution in [3.8, 4) is 0 Å². The maximum absolute atomic E-state index is 11.7. The Bertz CT molecular complexity index is 558. The third-order valence-electron chi connectivity index (χ3n) is 3.21. The number of hydrogen-bond acceptors (Lipinski definition) is 3. The molecular formula is C15H16BrNO4. The third-order valence-corrected chi connectivity index (χ3v) is 3.93. The lowest BCUT2D eigenvalue weighted by Crippen LogP contribution is -2.32. The molecule has 112 valence electrons. The summed E-state index contributed by atoms with van der Waals surface area (Å²) in [6.45, 7) is 0.322. The van der Waals surface area contributed by atoms with E-state index in [2.05, 4.69) is 21.2 Å². The van der Waals surface area contributed by atoms with Crippen LogP contribution in [0.3, 0.4) is 0 Å². The molecule has 1 saturated heterocycles. The van der Waals surface area contributed by atoms with E-state index in [1.807, 2.05) is 24.3 Å². The van der Waals surface area contributed by atoms with Gasteiger partial charge in [0.05, 0.1) is 6.10 Å². The van der Waals surface area contributed by atoms with Crippen molar-refractivity contribution in [3.63, 3.8) is 0 Å². The van der Waals surface area contributed by atoms with Crippen LogP contribution in [0.1, 0.15) is 18.4 Å².